The Morgan fingerprint density at radius 3 is 2.15 bits per heavy atom. The summed E-state index contributed by atoms with van der Waals surface area (Å²) in [5.41, 5.74) is 0.449. The largest absolute Gasteiger partial charge is 0.355 e. The van der Waals surface area contributed by atoms with Crippen molar-refractivity contribution in [3.8, 4) is 0 Å². The molecule has 1 aromatic rings. The number of sulfonamides is 1. The van der Waals surface area contributed by atoms with Gasteiger partial charge in [0.15, 0.2) is 0 Å². The van der Waals surface area contributed by atoms with Crippen molar-refractivity contribution >= 4 is 15.9 Å². The zero-order valence-corrected chi connectivity index (χ0v) is 12.5. The molecule has 110 valence electrons. The van der Waals surface area contributed by atoms with E-state index in [0.29, 0.717) is 18.7 Å². The van der Waals surface area contributed by atoms with Gasteiger partial charge in [-0.05, 0) is 31.3 Å². The molecule has 0 atom stereocenters. The molecule has 0 bridgehead atoms. The standard InChI is InChI=1S/C13H19N3O3S/c1-14-13(17)11-3-5-12(6-4-11)20(18,19)16-9-7-15(2)8-10-16/h3-6H,7-10H2,1-2H3,(H,14,17). The molecule has 1 aromatic carbocycles. The van der Waals surface area contributed by atoms with E-state index in [9.17, 15) is 13.2 Å². The van der Waals surface area contributed by atoms with Crippen LogP contribution in [0.2, 0.25) is 0 Å². The normalized spacial score (nSPS) is 17.9. The van der Waals surface area contributed by atoms with Gasteiger partial charge in [-0.3, -0.25) is 4.79 Å². The van der Waals surface area contributed by atoms with E-state index in [1.54, 1.807) is 0 Å². The van der Waals surface area contributed by atoms with E-state index >= 15 is 0 Å². The van der Waals surface area contributed by atoms with Gasteiger partial charge in [-0.1, -0.05) is 0 Å². The first-order valence-corrected chi connectivity index (χ1v) is 7.90. The van der Waals surface area contributed by atoms with Crippen molar-refractivity contribution in [2.75, 3.05) is 40.3 Å². The number of nitrogens with one attached hydrogen (secondary N) is 1. The predicted octanol–water partition coefficient (Wildman–Crippen LogP) is -0.0177. The molecule has 0 aromatic heterocycles. The monoisotopic (exact) mass is 297 g/mol. The van der Waals surface area contributed by atoms with Crippen LogP contribution in [-0.4, -0.2) is 63.8 Å². The van der Waals surface area contributed by atoms with Crippen LogP contribution < -0.4 is 5.32 Å². The van der Waals surface area contributed by atoms with Crippen LogP contribution in [0, 0.1) is 0 Å². The molecule has 0 unspecified atom stereocenters. The lowest BCUT2D eigenvalue weighted by molar-refractivity contribution is 0.0963. The van der Waals surface area contributed by atoms with Gasteiger partial charge in [0, 0.05) is 38.8 Å². The number of amides is 1. The first-order valence-electron chi connectivity index (χ1n) is 6.46. The van der Waals surface area contributed by atoms with Crippen LogP contribution in [0.5, 0.6) is 0 Å². The van der Waals surface area contributed by atoms with Gasteiger partial charge in [0.05, 0.1) is 4.90 Å². The number of carbonyl (C=O) groups is 1. The molecule has 0 radical (unpaired) electrons. The van der Waals surface area contributed by atoms with Gasteiger partial charge < -0.3 is 10.2 Å². The molecule has 1 N–H and O–H groups in total. The molecule has 1 aliphatic rings. The van der Waals surface area contributed by atoms with Crippen molar-refractivity contribution in [2.45, 2.75) is 4.90 Å². The van der Waals surface area contributed by atoms with Gasteiger partial charge >= 0.3 is 0 Å². The fourth-order valence-electron chi connectivity index (χ4n) is 2.10. The van der Waals surface area contributed by atoms with E-state index in [1.807, 2.05) is 7.05 Å². The van der Waals surface area contributed by atoms with Crippen LogP contribution in [0.15, 0.2) is 29.2 Å². The predicted molar refractivity (Wildman–Crippen MR) is 76.1 cm³/mol. The minimum Gasteiger partial charge on any atom is -0.355 e. The highest BCUT2D eigenvalue weighted by Crippen LogP contribution is 2.17. The fraction of sp³-hybridized carbons (Fsp3) is 0.462. The summed E-state index contributed by atoms with van der Waals surface area (Å²) in [6.07, 6.45) is 0. The quantitative estimate of drug-likeness (QED) is 0.851. The van der Waals surface area contributed by atoms with Crippen LogP contribution in [0.4, 0.5) is 0 Å². The zero-order valence-electron chi connectivity index (χ0n) is 11.7. The van der Waals surface area contributed by atoms with E-state index < -0.39 is 10.0 Å². The van der Waals surface area contributed by atoms with Gasteiger partial charge in [0.1, 0.15) is 0 Å². The van der Waals surface area contributed by atoms with Gasteiger partial charge in [0.2, 0.25) is 10.0 Å². The Balaban J connectivity index is 2.19. The minimum absolute atomic E-state index is 0.228. The first kappa shape index (κ1) is 15.0. The van der Waals surface area contributed by atoms with Crippen molar-refractivity contribution in [1.29, 1.82) is 0 Å². The Morgan fingerprint density at radius 2 is 1.65 bits per heavy atom. The lowest BCUT2D eigenvalue weighted by atomic mass is 10.2. The molecular weight excluding hydrogens is 278 g/mol. The molecule has 1 heterocycles. The lowest BCUT2D eigenvalue weighted by Crippen LogP contribution is -2.47. The summed E-state index contributed by atoms with van der Waals surface area (Å²) < 4.78 is 26.4. The maximum absolute atomic E-state index is 12.5. The van der Waals surface area contributed by atoms with E-state index in [1.165, 1.54) is 35.6 Å². The molecule has 1 saturated heterocycles. The average Bonchev–Trinajstić information content (AvgIpc) is 2.47. The SMILES string of the molecule is CNC(=O)c1ccc(S(=O)(=O)N2CCN(C)CC2)cc1. The highest BCUT2D eigenvalue weighted by molar-refractivity contribution is 7.89. The molecular formula is C13H19N3O3S. The number of hydrogen-bond acceptors (Lipinski definition) is 4. The summed E-state index contributed by atoms with van der Waals surface area (Å²) in [6.45, 7) is 2.46. The number of benzene rings is 1. The van der Waals surface area contributed by atoms with Crippen molar-refractivity contribution < 1.29 is 13.2 Å². The third-order valence-electron chi connectivity index (χ3n) is 3.44. The minimum atomic E-state index is -3.46. The number of hydrogen-bond donors (Lipinski definition) is 1. The van der Waals surface area contributed by atoms with E-state index in [4.69, 9.17) is 0 Å². The summed E-state index contributed by atoms with van der Waals surface area (Å²) in [7, 11) is 0.0535. The number of piperazine rings is 1. The molecule has 0 saturated carbocycles. The first-order chi connectivity index (χ1) is 9.45. The van der Waals surface area contributed by atoms with Crippen molar-refractivity contribution in [2.24, 2.45) is 0 Å². The fourth-order valence-corrected chi connectivity index (χ4v) is 3.52. The Bertz CT molecular complexity index is 575. The second kappa shape index (κ2) is 5.90. The third-order valence-corrected chi connectivity index (χ3v) is 5.36. The van der Waals surface area contributed by atoms with E-state index in [2.05, 4.69) is 10.2 Å². The molecule has 7 heteroatoms. The molecule has 1 aliphatic heterocycles. The number of nitrogens with zero attached hydrogens (tertiary/aromatic N) is 2. The van der Waals surface area contributed by atoms with E-state index in [0.717, 1.165) is 13.1 Å². The van der Waals surface area contributed by atoms with Crippen LogP contribution >= 0.6 is 0 Å². The highest BCUT2D eigenvalue weighted by Gasteiger charge is 2.27. The average molecular weight is 297 g/mol. The van der Waals surface area contributed by atoms with E-state index in [-0.39, 0.29) is 10.8 Å². The van der Waals surface area contributed by atoms with Gasteiger partial charge in [-0.15, -0.1) is 0 Å². The summed E-state index contributed by atoms with van der Waals surface area (Å²) in [5, 5.41) is 2.50. The summed E-state index contributed by atoms with van der Waals surface area (Å²) >= 11 is 0. The summed E-state index contributed by atoms with van der Waals surface area (Å²) in [4.78, 5) is 13.8. The number of carbonyl (C=O) groups excluding carboxylic acids is 1. The molecule has 20 heavy (non-hydrogen) atoms. The molecule has 1 fully saturated rings. The maximum atomic E-state index is 12.5. The number of rotatable bonds is 3. The highest BCUT2D eigenvalue weighted by atomic mass is 32.2. The van der Waals surface area contributed by atoms with Crippen molar-refractivity contribution in [3.05, 3.63) is 29.8 Å². The molecule has 2 rings (SSSR count). The second-order valence-electron chi connectivity index (χ2n) is 4.81. The van der Waals surface area contributed by atoms with Crippen molar-refractivity contribution in [3.63, 3.8) is 0 Å². The molecule has 1 amide bonds. The van der Waals surface area contributed by atoms with Crippen molar-refractivity contribution in [1.82, 2.24) is 14.5 Å². The summed E-state index contributed by atoms with van der Waals surface area (Å²) in [5.74, 6) is -0.228. The Hall–Kier alpha value is -1.44. The topological polar surface area (TPSA) is 69.7 Å². The Kier molecular flexibility index (Phi) is 4.42. The van der Waals surface area contributed by atoms with Gasteiger partial charge in [-0.25, -0.2) is 8.42 Å². The summed E-state index contributed by atoms with van der Waals surface area (Å²) in [6, 6.07) is 6.03. The van der Waals surface area contributed by atoms with Crippen LogP contribution in [-0.2, 0) is 10.0 Å². The van der Waals surface area contributed by atoms with Crippen LogP contribution in [0.1, 0.15) is 10.4 Å². The molecule has 0 aliphatic carbocycles. The van der Waals surface area contributed by atoms with Crippen LogP contribution in [0.25, 0.3) is 0 Å². The van der Waals surface area contributed by atoms with Gasteiger partial charge in [0.25, 0.3) is 5.91 Å². The zero-order chi connectivity index (χ0) is 14.8. The molecule has 0 spiro atoms. The molecule has 6 nitrogen and oxygen atoms in total. The Morgan fingerprint density at radius 1 is 1.10 bits per heavy atom. The van der Waals surface area contributed by atoms with Gasteiger partial charge in [-0.2, -0.15) is 4.31 Å². The second-order valence-corrected chi connectivity index (χ2v) is 6.75. The Labute approximate surface area is 119 Å². The van der Waals surface area contributed by atoms with Crippen LogP contribution in [0.3, 0.4) is 0 Å². The smallest absolute Gasteiger partial charge is 0.251 e. The third kappa shape index (κ3) is 3.00. The number of likely N-dealkylation sites (N-methyl/N-ethyl adjacent to an activating group) is 1. The lowest BCUT2D eigenvalue weighted by Gasteiger charge is -2.31. The maximum Gasteiger partial charge on any atom is 0.251 e.